The van der Waals surface area contributed by atoms with E-state index >= 15 is 0 Å². The topological polar surface area (TPSA) is 67.9 Å². The van der Waals surface area contributed by atoms with Crippen molar-refractivity contribution >= 4 is 11.8 Å². The summed E-state index contributed by atoms with van der Waals surface area (Å²) in [6.07, 6.45) is 4.23. The number of benzene rings is 1. The molecule has 2 aliphatic rings. The molecule has 1 aromatic rings. The van der Waals surface area contributed by atoms with E-state index in [-0.39, 0.29) is 23.9 Å². The van der Waals surface area contributed by atoms with Gasteiger partial charge in [-0.15, -0.1) is 0 Å². The van der Waals surface area contributed by atoms with Gasteiger partial charge in [-0.2, -0.15) is 0 Å². The molecule has 1 N–H and O–H groups in total. The highest BCUT2D eigenvalue weighted by Crippen LogP contribution is 2.37. The molecule has 1 aromatic carbocycles. The Hall–Kier alpha value is -2.08. The number of carbonyl (C=O) groups is 2. The Kier molecular flexibility index (Phi) is 5.04. The number of rotatable bonds is 4. The van der Waals surface area contributed by atoms with E-state index in [0.29, 0.717) is 31.1 Å². The fraction of sp³-hybridized carbons (Fsp3) is 0.556. The third-order valence-corrected chi connectivity index (χ3v) is 4.97. The molecule has 1 saturated heterocycles. The van der Waals surface area contributed by atoms with Crippen LogP contribution < -0.4 is 10.1 Å². The lowest BCUT2D eigenvalue weighted by molar-refractivity contribution is -0.147. The Morgan fingerprint density at radius 1 is 1.33 bits per heavy atom. The molecule has 0 bridgehead atoms. The van der Waals surface area contributed by atoms with Gasteiger partial charge < -0.3 is 19.7 Å². The molecule has 130 valence electrons. The molecule has 1 aliphatic carbocycles. The molecule has 2 fully saturated rings. The van der Waals surface area contributed by atoms with Crippen molar-refractivity contribution in [2.75, 3.05) is 33.4 Å². The highest BCUT2D eigenvalue weighted by molar-refractivity contribution is 5.96. The number of nitrogens with zero attached hydrogens (tertiary/aromatic N) is 1. The lowest BCUT2D eigenvalue weighted by Crippen LogP contribution is -2.59. The Morgan fingerprint density at radius 2 is 2.12 bits per heavy atom. The summed E-state index contributed by atoms with van der Waals surface area (Å²) in [5.41, 5.74) is 0.329. The van der Waals surface area contributed by atoms with Gasteiger partial charge in [0.05, 0.1) is 32.4 Å². The lowest BCUT2D eigenvalue weighted by Gasteiger charge is -2.44. The summed E-state index contributed by atoms with van der Waals surface area (Å²) in [6.45, 7) is 1.80. The third-order valence-electron chi connectivity index (χ3n) is 4.97. The molecule has 24 heavy (non-hydrogen) atoms. The van der Waals surface area contributed by atoms with Gasteiger partial charge in [0.1, 0.15) is 5.75 Å². The summed E-state index contributed by atoms with van der Waals surface area (Å²) in [4.78, 5) is 26.8. The van der Waals surface area contributed by atoms with Gasteiger partial charge in [0.2, 0.25) is 5.91 Å². The third kappa shape index (κ3) is 3.38. The maximum absolute atomic E-state index is 12.6. The molecule has 1 saturated carbocycles. The number of hydrogen-bond acceptors (Lipinski definition) is 4. The Bertz CT molecular complexity index is 611. The van der Waals surface area contributed by atoms with Crippen LogP contribution in [-0.2, 0) is 9.53 Å². The van der Waals surface area contributed by atoms with Gasteiger partial charge >= 0.3 is 0 Å². The second-order valence-corrected chi connectivity index (χ2v) is 6.44. The van der Waals surface area contributed by atoms with E-state index < -0.39 is 0 Å². The fourth-order valence-electron chi connectivity index (χ4n) is 3.69. The first-order valence-electron chi connectivity index (χ1n) is 8.45. The first kappa shape index (κ1) is 16.8. The molecule has 2 amide bonds. The van der Waals surface area contributed by atoms with Crippen LogP contribution in [0.5, 0.6) is 5.75 Å². The second kappa shape index (κ2) is 7.21. The van der Waals surface area contributed by atoms with E-state index in [4.69, 9.17) is 9.47 Å². The van der Waals surface area contributed by atoms with Crippen LogP contribution in [-0.4, -0.2) is 55.7 Å². The quantitative estimate of drug-likeness (QED) is 0.909. The van der Waals surface area contributed by atoms with Crippen LogP contribution in [0.2, 0.25) is 0 Å². The molecule has 3 rings (SSSR count). The number of carbonyl (C=O) groups excluding carboxylic acids is 2. The first-order chi connectivity index (χ1) is 11.6. The minimum atomic E-state index is -0.268. The van der Waals surface area contributed by atoms with E-state index in [1.165, 1.54) is 0 Å². The molecule has 0 unspecified atom stereocenters. The maximum atomic E-state index is 12.6. The number of ether oxygens (including phenoxy) is 2. The van der Waals surface area contributed by atoms with Crippen LogP contribution in [0.25, 0.3) is 0 Å². The smallest absolute Gasteiger partial charge is 0.251 e. The number of amides is 2. The van der Waals surface area contributed by atoms with Crippen molar-refractivity contribution in [2.45, 2.75) is 31.2 Å². The molecule has 0 aromatic heterocycles. The van der Waals surface area contributed by atoms with E-state index in [1.54, 1.807) is 31.4 Å². The zero-order chi connectivity index (χ0) is 17.0. The van der Waals surface area contributed by atoms with Gasteiger partial charge in [-0.05, 0) is 31.0 Å². The zero-order valence-corrected chi connectivity index (χ0v) is 14.0. The lowest BCUT2D eigenvalue weighted by atomic mass is 9.94. The largest absolute Gasteiger partial charge is 0.497 e. The summed E-state index contributed by atoms with van der Waals surface area (Å²) < 4.78 is 10.7. The summed E-state index contributed by atoms with van der Waals surface area (Å²) >= 11 is 0. The van der Waals surface area contributed by atoms with Crippen LogP contribution in [0, 0.1) is 0 Å². The predicted octanol–water partition coefficient (Wildman–Crippen LogP) is 1.60. The first-order valence-corrected chi connectivity index (χ1v) is 8.45. The monoisotopic (exact) mass is 332 g/mol. The fourth-order valence-corrected chi connectivity index (χ4v) is 3.69. The average molecular weight is 332 g/mol. The zero-order valence-electron chi connectivity index (χ0n) is 14.0. The molecule has 0 atom stereocenters. The minimum Gasteiger partial charge on any atom is -0.497 e. The van der Waals surface area contributed by atoms with Crippen molar-refractivity contribution in [2.24, 2.45) is 0 Å². The van der Waals surface area contributed by atoms with Crippen LogP contribution in [0.4, 0.5) is 0 Å². The summed E-state index contributed by atoms with van der Waals surface area (Å²) in [5, 5.41) is 2.73. The molecular weight excluding hydrogens is 308 g/mol. The van der Waals surface area contributed by atoms with Crippen molar-refractivity contribution in [3.63, 3.8) is 0 Å². The van der Waals surface area contributed by atoms with Gasteiger partial charge in [0.15, 0.2) is 0 Å². The highest BCUT2D eigenvalue weighted by atomic mass is 16.5. The maximum Gasteiger partial charge on any atom is 0.251 e. The molecular formula is C18H24N2O4. The molecule has 1 heterocycles. The normalized spacial score (nSPS) is 19.3. The van der Waals surface area contributed by atoms with Crippen molar-refractivity contribution < 1.29 is 19.1 Å². The Labute approximate surface area is 142 Å². The highest BCUT2D eigenvalue weighted by Gasteiger charge is 2.44. The van der Waals surface area contributed by atoms with Crippen LogP contribution in [0.15, 0.2) is 24.3 Å². The van der Waals surface area contributed by atoms with Gasteiger partial charge in [-0.3, -0.25) is 9.59 Å². The molecule has 6 heteroatoms. The second-order valence-electron chi connectivity index (χ2n) is 6.44. The summed E-state index contributed by atoms with van der Waals surface area (Å²) in [7, 11) is 1.56. The summed E-state index contributed by atoms with van der Waals surface area (Å²) in [6, 6.07) is 6.90. The van der Waals surface area contributed by atoms with Crippen LogP contribution >= 0.6 is 0 Å². The van der Waals surface area contributed by atoms with Crippen LogP contribution in [0.3, 0.4) is 0 Å². The van der Waals surface area contributed by atoms with Gasteiger partial charge in [0.25, 0.3) is 5.91 Å². The van der Waals surface area contributed by atoms with E-state index in [2.05, 4.69) is 5.32 Å². The van der Waals surface area contributed by atoms with Crippen molar-refractivity contribution in [3.05, 3.63) is 29.8 Å². The van der Waals surface area contributed by atoms with E-state index in [9.17, 15) is 9.59 Å². The molecule has 1 spiro atoms. The summed E-state index contributed by atoms with van der Waals surface area (Å²) in [5.74, 6) is 0.319. The molecule has 1 aliphatic heterocycles. The molecule has 6 nitrogen and oxygen atoms in total. The Balaban J connectivity index is 1.61. The van der Waals surface area contributed by atoms with E-state index in [1.807, 2.05) is 4.90 Å². The number of methoxy groups -OCH3 is 1. The van der Waals surface area contributed by atoms with Crippen LogP contribution in [0.1, 0.15) is 36.0 Å². The van der Waals surface area contributed by atoms with Crippen molar-refractivity contribution in [1.82, 2.24) is 10.2 Å². The standard InChI is InChI=1S/C18H24N2O4/c1-23-15-6-4-5-14(11-15)17(22)19-12-16(21)20-9-10-24-13-18(20)7-2-3-8-18/h4-6,11H,2-3,7-10,12-13H2,1H3,(H,19,22). The minimum absolute atomic E-state index is 0.0117. The number of morpholine rings is 1. The number of nitrogens with one attached hydrogen (secondary N) is 1. The van der Waals surface area contributed by atoms with Gasteiger partial charge in [0, 0.05) is 12.1 Å². The number of hydrogen-bond donors (Lipinski definition) is 1. The van der Waals surface area contributed by atoms with Crippen molar-refractivity contribution in [1.29, 1.82) is 0 Å². The van der Waals surface area contributed by atoms with Gasteiger partial charge in [-0.25, -0.2) is 0 Å². The molecule has 0 radical (unpaired) electrons. The SMILES string of the molecule is COc1cccc(C(=O)NCC(=O)N2CCOCC23CCCC3)c1. The van der Waals surface area contributed by atoms with Gasteiger partial charge in [-0.1, -0.05) is 18.9 Å². The average Bonchev–Trinajstić information content (AvgIpc) is 3.08. The van der Waals surface area contributed by atoms with E-state index in [0.717, 1.165) is 25.7 Å². The predicted molar refractivity (Wildman–Crippen MR) is 89.1 cm³/mol. The Morgan fingerprint density at radius 3 is 2.88 bits per heavy atom. The van der Waals surface area contributed by atoms with Crippen molar-refractivity contribution in [3.8, 4) is 5.75 Å².